The van der Waals surface area contributed by atoms with E-state index in [1.54, 1.807) is 24.4 Å². The molecule has 0 radical (unpaired) electrons. The maximum atomic E-state index is 12.5. The number of methoxy groups -OCH3 is 2. The van der Waals surface area contributed by atoms with E-state index in [0.717, 1.165) is 5.69 Å². The summed E-state index contributed by atoms with van der Waals surface area (Å²) in [6.07, 6.45) is 6.57. The van der Waals surface area contributed by atoms with Gasteiger partial charge < -0.3 is 20.1 Å². The molecule has 1 fully saturated rings. The van der Waals surface area contributed by atoms with Crippen LogP contribution in [0, 0.1) is 0 Å². The lowest BCUT2D eigenvalue weighted by molar-refractivity contribution is 0.102. The Morgan fingerprint density at radius 2 is 1.88 bits per heavy atom. The third-order valence-electron chi connectivity index (χ3n) is 4.44. The van der Waals surface area contributed by atoms with Crippen LogP contribution < -0.4 is 20.1 Å². The number of pyridine rings is 1. The predicted octanol–water partition coefficient (Wildman–Crippen LogP) is 4.36. The second-order valence-electron chi connectivity index (χ2n) is 6.20. The first kappa shape index (κ1) is 18.3. The number of nitrogens with zero attached hydrogens (tertiary/aromatic N) is 1. The van der Waals surface area contributed by atoms with Crippen LogP contribution >= 0.6 is 11.6 Å². The number of carbonyl (C=O) groups excluding carboxylic acids is 1. The van der Waals surface area contributed by atoms with Gasteiger partial charge in [0.05, 0.1) is 36.8 Å². The molecule has 6 nitrogen and oxygen atoms in total. The van der Waals surface area contributed by atoms with E-state index in [4.69, 9.17) is 21.1 Å². The monoisotopic (exact) mass is 375 g/mol. The number of amides is 1. The second-order valence-corrected chi connectivity index (χ2v) is 6.61. The van der Waals surface area contributed by atoms with E-state index < -0.39 is 0 Å². The number of rotatable bonds is 6. The summed E-state index contributed by atoms with van der Waals surface area (Å²) in [6, 6.07) is 7.29. The van der Waals surface area contributed by atoms with Gasteiger partial charge in [0.1, 0.15) is 17.2 Å². The van der Waals surface area contributed by atoms with Gasteiger partial charge in [-0.05, 0) is 25.0 Å². The van der Waals surface area contributed by atoms with Gasteiger partial charge >= 0.3 is 0 Å². The Morgan fingerprint density at radius 1 is 1.15 bits per heavy atom. The number of halogens is 1. The maximum Gasteiger partial charge on any atom is 0.274 e. The molecular weight excluding hydrogens is 354 g/mol. The van der Waals surface area contributed by atoms with E-state index in [-0.39, 0.29) is 5.91 Å². The van der Waals surface area contributed by atoms with Crippen molar-refractivity contribution >= 4 is 28.9 Å². The highest BCUT2D eigenvalue weighted by molar-refractivity contribution is 6.32. The van der Waals surface area contributed by atoms with Crippen LogP contribution in [0.2, 0.25) is 5.02 Å². The van der Waals surface area contributed by atoms with Gasteiger partial charge in [-0.15, -0.1) is 0 Å². The van der Waals surface area contributed by atoms with Gasteiger partial charge in [-0.2, -0.15) is 0 Å². The number of benzene rings is 1. The first-order valence-corrected chi connectivity index (χ1v) is 8.94. The van der Waals surface area contributed by atoms with Crippen LogP contribution in [-0.2, 0) is 0 Å². The second kappa shape index (κ2) is 8.27. The lowest BCUT2D eigenvalue weighted by atomic mass is 10.2. The summed E-state index contributed by atoms with van der Waals surface area (Å²) in [5.41, 5.74) is 1.71. The van der Waals surface area contributed by atoms with Gasteiger partial charge in [-0.25, -0.2) is 4.98 Å². The Labute approximate surface area is 157 Å². The molecule has 0 saturated heterocycles. The lowest BCUT2D eigenvalue weighted by Gasteiger charge is -2.14. The van der Waals surface area contributed by atoms with Crippen LogP contribution in [0.5, 0.6) is 11.5 Å². The molecule has 1 saturated carbocycles. The Kier molecular flexibility index (Phi) is 5.83. The Morgan fingerprint density at radius 3 is 2.50 bits per heavy atom. The van der Waals surface area contributed by atoms with Crippen LogP contribution in [-0.4, -0.2) is 31.2 Å². The van der Waals surface area contributed by atoms with Crippen molar-refractivity contribution in [1.82, 2.24) is 4.98 Å². The lowest BCUT2D eigenvalue weighted by Crippen LogP contribution is -2.16. The smallest absolute Gasteiger partial charge is 0.274 e. The van der Waals surface area contributed by atoms with Crippen LogP contribution in [0.1, 0.15) is 36.2 Å². The summed E-state index contributed by atoms with van der Waals surface area (Å²) in [6.45, 7) is 0. The molecule has 0 bridgehead atoms. The summed E-state index contributed by atoms with van der Waals surface area (Å²) in [7, 11) is 3.02. The largest absolute Gasteiger partial charge is 0.495 e. The van der Waals surface area contributed by atoms with Crippen molar-refractivity contribution in [2.24, 2.45) is 0 Å². The number of hydrogen-bond donors (Lipinski definition) is 2. The van der Waals surface area contributed by atoms with Crippen LogP contribution in [0.25, 0.3) is 0 Å². The summed E-state index contributed by atoms with van der Waals surface area (Å²) < 4.78 is 10.5. The molecule has 7 heteroatoms. The number of nitrogens with one attached hydrogen (secondary N) is 2. The standard InChI is InChI=1S/C19H22ClN3O3/c1-25-17-10-16(18(26-2)9-14(17)20)23-19(24)15-8-7-13(11-21-15)22-12-5-3-4-6-12/h7-12,22H,3-6H2,1-2H3,(H,23,24). The van der Waals surface area contributed by atoms with E-state index >= 15 is 0 Å². The first-order chi connectivity index (χ1) is 12.6. The molecule has 26 heavy (non-hydrogen) atoms. The summed E-state index contributed by atoms with van der Waals surface area (Å²) >= 11 is 6.08. The Bertz CT molecular complexity index is 774. The van der Waals surface area contributed by atoms with E-state index in [1.165, 1.54) is 39.9 Å². The van der Waals surface area contributed by atoms with E-state index in [1.807, 2.05) is 6.07 Å². The van der Waals surface area contributed by atoms with Crippen molar-refractivity contribution in [3.05, 3.63) is 41.2 Å². The molecule has 1 aliphatic carbocycles. The minimum absolute atomic E-state index is 0.318. The minimum Gasteiger partial charge on any atom is -0.495 e. The average molecular weight is 376 g/mol. The molecule has 0 atom stereocenters. The normalized spacial score (nSPS) is 14.1. The van der Waals surface area contributed by atoms with Gasteiger partial charge in [0.25, 0.3) is 5.91 Å². The van der Waals surface area contributed by atoms with Gasteiger partial charge in [-0.3, -0.25) is 4.79 Å². The topological polar surface area (TPSA) is 72.5 Å². The molecule has 1 aliphatic rings. The third-order valence-corrected chi connectivity index (χ3v) is 4.74. The van der Waals surface area contributed by atoms with Crippen molar-refractivity contribution in [3.63, 3.8) is 0 Å². The number of hydrogen-bond acceptors (Lipinski definition) is 5. The Balaban J connectivity index is 1.71. The molecule has 1 aromatic heterocycles. The minimum atomic E-state index is -0.333. The molecule has 2 aromatic rings. The van der Waals surface area contributed by atoms with Crippen molar-refractivity contribution in [1.29, 1.82) is 0 Å². The molecule has 2 N–H and O–H groups in total. The number of aromatic nitrogens is 1. The highest BCUT2D eigenvalue weighted by Crippen LogP contribution is 2.36. The van der Waals surface area contributed by atoms with Crippen molar-refractivity contribution in [2.45, 2.75) is 31.7 Å². The summed E-state index contributed by atoms with van der Waals surface area (Å²) in [4.78, 5) is 16.8. The fraction of sp³-hybridized carbons (Fsp3) is 0.368. The fourth-order valence-corrected chi connectivity index (χ4v) is 3.29. The number of carbonyl (C=O) groups is 1. The zero-order chi connectivity index (χ0) is 18.5. The quantitative estimate of drug-likeness (QED) is 0.784. The predicted molar refractivity (Wildman–Crippen MR) is 103 cm³/mol. The third kappa shape index (κ3) is 4.19. The number of ether oxygens (including phenoxy) is 2. The zero-order valence-corrected chi connectivity index (χ0v) is 15.6. The average Bonchev–Trinajstić information content (AvgIpc) is 3.16. The van der Waals surface area contributed by atoms with Crippen LogP contribution in [0.3, 0.4) is 0 Å². The highest BCUT2D eigenvalue weighted by Gasteiger charge is 2.16. The fourth-order valence-electron chi connectivity index (χ4n) is 3.06. The molecule has 3 rings (SSSR count). The molecule has 1 aromatic carbocycles. The van der Waals surface area contributed by atoms with Gasteiger partial charge in [0, 0.05) is 18.2 Å². The van der Waals surface area contributed by atoms with E-state index in [0.29, 0.717) is 33.9 Å². The number of anilines is 2. The molecule has 0 spiro atoms. The first-order valence-electron chi connectivity index (χ1n) is 8.56. The summed E-state index contributed by atoms with van der Waals surface area (Å²) in [5, 5.41) is 6.64. The maximum absolute atomic E-state index is 12.5. The SMILES string of the molecule is COc1cc(NC(=O)c2ccc(NC3CCCC3)cn2)c(OC)cc1Cl. The zero-order valence-electron chi connectivity index (χ0n) is 14.8. The van der Waals surface area contributed by atoms with Gasteiger partial charge in [0.15, 0.2) is 0 Å². The molecule has 0 aliphatic heterocycles. The molecule has 1 amide bonds. The molecular formula is C19H22ClN3O3. The van der Waals surface area contributed by atoms with Gasteiger partial charge in [0.2, 0.25) is 0 Å². The van der Waals surface area contributed by atoms with Crippen LogP contribution in [0.15, 0.2) is 30.5 Å². The van der Waals surface area contributed by atoms with Gasteiger partial charge in [-0.1, -0.05) is 24.4 Å². The van der Waals surface area contributed by atoms with E-state index in [2.05, 4.69) is 15.6 Å². The van der Waals surface area contributed by atoms with E-state index in [9.17, 15) is 4.79 Å². The molecule has 138 valence electrons. The van der Waals surface area contributed by atoms with Crippen molar-refractivity contribution in [2.75, 3.05) is 24.9 Å². The summed E-state index contributed by atoms with van der Waals surface area (Å²) in [5.74, 6) is 0.565. The molecule has 1 heterocycles. The highest BCUT2D eigenvalue weighted by atomic mass is 35.5. The van der Waals surface area contributed by atoms with Crippen molar-refractivity contribution in [3.8, 4) is 11.5 Å². The Hall–Kier alpha value is -2.47. The van der Waals surface area contributed by atoms with Crippen molar-refractivity contribution < 1.29 is 14.3 Å². The van der Waals surface area contributed by atoms with Crippen LogP contribution in [0.4, 0.5) is 11.4 Å². The molecule has 0 unspecified atom stereocenters.